The second kappa shape index (κ2) is 6.41. The summed E-state index contributed by atoms with van der Waals surface area (Å²) in [4.78, 5) is 26.1. The molecule has 1 amide bonds. The van der Waals surface area contributed by atoms with Crippen LogP contribution in [0.4, 0.5) is 0 Å². The Morgan fingerprint density at radius 1 is 1.18 bits per heavy atom. The van der Waals surface area contributed by atoms with Crippen LogP contribution in [-0.2, 0) is 22.6 Å². The molecule has 22 heavy (non-hydrogen) atoms. The Balaban J connectivity index is 1.88. The van der Waals surface area contributed by atoms with E-state index in [-0.39, 0.29) is 11.8 Å². The lowest BCUT2D eigenvalue weighted by Gasteiger charge is -2.37. The van der Waals surface area contributed by atoms with E-state index in [0.29, 0.717) is 13.0 Å². The summed E-state index contributed by atoms with van der Waals surface area (Å²) in [7, 11) is 0. The number of fused-ring (bicyclic) bond motifs is 1. The molecule has 2 aliphatic rings. The van der Waals surface area contributed by atoms with E-state index in [4.69, 9.17) is 0 Å². The molecule has 1 aromatic carbocycles. The SMILES string of the molecule is O=C(O)C1Cc2c(Br)cccc2CN1C(=O)C1CCCCC1. The minimum absolute atomic E-state index is 0.00398. The number of carboxylic acid groups (broad SMARTS) is 1. The van der Waals surface area contributed by atoms with Crippen LogP contribution in [0.1, 0.15) is 43.2 Å². The molecule has 0 radical (unpaired) electrons. The number of aliphatic carboxylic acids is 1. The monoisotopic (exact) mass is 365 g/mol. The van der Waals surface area contributed by atoms with Crippen molar-refractivity contribution in [3.05, 3.63) is 33.8 Å². The Hall–Kier alpha value is -1.36. The molecule has 0 aromatic heterocycles. The Morgan fingerprint density at radius 3 is 2.59 bits per heavy atom. The summed E-state index contributed by atoms with van der Waals surface area (Å²) in [6, 6.07) is 5.10. The topological polar surface area (TPSA) is 57.6 Å². The highest BCUT2D eigenvalue weighted by atomic mass is 79.9. The van der Waals surface area contributed by atoms with Gasteiger partial charge in [0.1, 0.15) is 6.04 Å². The summed E-state index contributed by atoms with van der Waals surface area (Å²) < 4.78 is 0.931. The standard InChI is InChI=1S/C17H20BrNO3/c18-14-8-4-7-12-10-19(15(17(21)22)9-13(12)14)16(20)11-5-2-1-3-6-11/h4,7-8,11,15H,1-3,5-6,9-10H2,(H,21,22). The van der Waals surface area contributed by atoms with Gasteiger partial charge in [0.05, 0.1) is 0 Å². The fourth-order valence-corrected chi connectivity index (χ4v) is 4.18. The highest BCUT2D eigenvalue weighted by molar-refractivity contribution is 9.10. The summed E-state index contributed by atoms with van der Waals surface area (Å²) in [5, 5.41) is 9.56. The molecule has 1 atom stereocenters. The van der Waals surface area contributed by atoms with Crippen molar-refractivity contribution in [2.45, 2.75) is 51.1 Å². The van der Waals surface area contributed by atoms with Gasteiger partial charge in [0.2, 0.25) is 5.91 Å². The normalized spacial score (nSPS) is 22.2. The molecule has 0 spiro atoms. The lowest BCUT2D eigenvalue weighted by Crippen LogP contribution is -2.50. The summed E-state index contributed by atoms with van der Waals surface area (Å²) in [5.41, 5.74) is 2.07. The van der Waals surface area contributed by atoms with Crippen molar-refractivity contribution in [2.24, 2.45) is 5.92 Å². The molecule has 0 saturated heterocycles. The Bertz CT molecular complexity index is 596. The average molecular weight is 366 g/mol. The first-order valence-corrected chi connectivity index (χ1v) is 8.67. The van der Waals surface area contributed by atoms with E-state index in [2.05, 4.69) is 15.9 Å². The number of nitrogens with zero attached hydrogens (tertiary/aromatic N) is 1. The second-order valence-corrected chi connectivity index (χ2v) is 7.09. The minimum atomic E-state index is -0.912. The molecule has 1 unspecified atom stereocenters. The van der Waals surface area contributed by atoms with Gasteiger partial charge in [-0.25, -0.2) is 4.79 Å². The number of hydrogen-bond acceptors (Lipinski definition) is 2. The predicted octanol–water partition coefficient (Wildman–Crippen LogP) is 3.37. The molecule has 118 valence electrons. The number of carbonyl (C=O) groups is 2. The fourth-order valence-electron chi connectivity index (χ4n) is 3.61. The first-order chi connectivity index (χ1) is 10.6. The van der Waals surface area contributed by atoms with Gasteiger partial charge in [0.15, 0.2) is 0 Å². The molecule has 1 aliphatic carbocycles. The van der Waals surface area contributed by atoms with E-state index in [0.717, 1.165) is 41.3 Å². The van der Waals surface area contributed by atoms with Crippen molar-refractivity contribution in [2.75, 3.05) is 0 Å². The van der Waals surface area contributed by atoms with Crippen LogP contribution >= 0.6 is 15.9 Å². The third-order valence-electron chi connectivity index (χ3n) is 4.85. The molecule has 0 bridgehead atoms. The molecule has 1 heterocycles. The Morgan fingerprint density at radius 2 is 1.91 bits per heavy atom. The van der Waals surface area contributed by atoms with Gasteiger partial charge in [-0.15, -0.1) is 0 Å². The molecule has 4 nitrogen and oxygen atoms in total. The number of halogens is 1. The molecular weight excluding hydrogens is 346 g/mol. The summed E-state index contributed by atoms with van der Waals surface area (Å²) in [6.07, 6.45) is 5.50. The summed E-state index contributed by atoms with van der Waals surface area (Å²) >= 11 is 3.50. The van der Waals surface area contributed by atoms with Crippen molar-refractivity contribution in [1.29, 1.82) is 0 Å². The number of carbonyl (C=O) groups excluding carboxylic acids is 1. The van der Waals surface area contributed by atoms with Gasteiger partial charge >= 0.3 is 5.97 Å². The second-order valence-electron chi connectivity index (χ2n) is 6.24. The highest BCUT2D eigenvalue weighted by Gasteiger charge is 2.38. The third kappa shape index (κ3) is 2.91. The Labute approximate surface area is 138 Å². The van der Waals surface area contributed by atoms with E-state index in [1.54, 1.807) is 4.90 Å². The van der Waals surface area contributed by atoms with Crippen LogP contribution in [0.15, 0.2) is 22.7 Å². The quantitative estimate of drug-likeness (QED) is 0.873. The Kier molecular flexibility index (Phi) is 4.52. The maximum absolute atomic E-state index is 12.8. The molecule has 1 fully saturated rings. The third-order valence-corrected chi connectivity index (χ3v) is 5.60. The number of carboxylic acids is 1. The van der Waals surface area contributed by atoms with E-state index in [9.17, 15) is 14.7 Å². The van der Waals surface area contributed by atoms with Crippen molar-refractivity contribution >= 4 is 27.8 Å². The van der Waals surface area contributed by atoms with E-state index < -0.39 is 12.0 Å². The molecular formula is C17H20BrNO3. The highest BCUT2D eigenvalue weighted by Crippen LogP contribution is 2.33. The molecule has 3 rings (SSSR count). The van der Waals surface area contributed by atoms with Crippen LogP contribution < -0.4 is 0 Å². The van der Waals surface area contributed by atoms with Crippen molar-refractivity contribution < 1.29 is 14.7 Å². The predicted molar refractivity (Wildman–Crippen MR) is 86.4 cm³/mol. The number of benzene rings is 1. The lowest BCUT2D eigenvalue weighted by atomic mass is 9.86. The van der Waals surface area contributed by atoms with Crippen LogP contribution in [0.3, 0.4) is 0 Å². The molecule has 1 N–H and O–H groups in total. The van der Waals surface area contributed by atoms with Gasteiger partial charge in [-0.05, 0) is 30.0 Å². The molecule has 1 aliphatic heterocycles. The molecule has 1 aromatic rings. The zero-order valence-corrected chi connectivity index (χ0v) is 14.0. The molecule has 5 heteroatoms. The van der Waals surface area contributed by atoms with Crippen LogP contribution in [0, 0.1) is 5.92 Å². The van der Waals surface area contributed by atoms with E-state index >= 15 is 0 Å². The fraction of sp³-hybridized carbons (Fsp3) is 0.529. The van der Waals surface area contributed by atoms with Crippen LogP contribution in [0.2, 0.25) is 0 Å². The van der Waals surface area contributed by atoms with Crippen LogP contribution in [0.5, 0.6) is 0 Å². The maximum atomic E-state index is 12.8. The zero-order chi connectivity index (χ0) is 15.7. The van der Waals surface area contributed by atoms with Gasteiger partial charge in [0.25, 0.3) is 0 Å². The summed E-state index contributed by atoms with van der Waals surface area (Å²) in [5.74, 6) is -0.882. The van der Waals surface area contributed by atoms with Crippen molar-refractivity contribution in [1.82, 2.24) is 4.90 Å². The van der Waals surface area contributed by atoms with Crippen molar-refractivity contribution in [3.63, 3.8) is 0 Å². The summed E-state index contributed by atoms with van der Waals surface area (Å²) in [6.45, 7) is 0.404. The number of rotatable bonds is 2. The average Bonchev–Trinajstić information content (AvgIpc) is 2.54. The first kappa shape index (κ1) is 15.5. The first-order valence-electron chi connectivity index (χ1n) is 7.87. The van der Waals surface area contributed by atoms with E-state index in [1.165, 1.54) is 6.42 Å². The lowest BCUT2D eigenvalue weighted by molar-refractivity contribution is -0.153. The van der Waals surface area contributed by atoms with Crippen LogP contribution in [0.25, 0.3) is 0 Å². The van der Waals surface area contributed by atoms with Crippen LogP contribution in [-0.4, -0.2) is 27.9 Å². The number of amides is 1. The zero-order valence-electron chi connectivity index (χ0n) is 12.4. The van der Waals surface area contributed by atoms with Gasteiger partial charge in [-0.2, -0.15) is 0 Å². The van der Waals surface area contributed by atoms with Gasteiger partial charge < -0.3 is 10.0 Å². The minimum Gasteiger partial charge on any atom is -0.480 e. The maximum Gasteiger partial charge on any atom is 0.326 e. The molecule has 1 saturated carbocycles. The number of hydrogen-bond donors (Lipinski definition) is 1. The van der Waals surface area contributed by atoms with E-state index in [1.807, 2.05) is 18.2 Å². The van der Waals surface area contributed by atoms with Gasteiger partial charge in [-0.1, -0.05) is 47.3 Å². The largest absolute Gasteiger partial charge is 0.480 e. The van der Waals surface area contributed by atoms with Gasteiger partial charge in [-0.3, -0.25) is 4.79 Å². The van der Waals surface area contributed by atoms with Gasteiger partial charge in [0, 0.05) is 23.4 Å². The smallest absolute Gasteiger partial charge is 0.326 e. The van der Waals surface area contributed by atoms with Crippen molar-refractivity contribution in [3.8, 4) is 0 Å².